The Labute approximate surface area is 253 Å². The summed E-state index contributed by atoms with van der Waals surface area (Å²) in [7, 11) is -4.29. The summed E-state index contributed by atoms with van der Waals surface area (Å²) in [5, 5.41) is 5.51. The zero-order valence-electron chi connectivity index (χ0n) is 25.3. The van der Waals surface area contributed by atoms with Crippen molar-refractivity contribution in [3.63, 3.8) is 0 Å². The first-order valence-corrected chi connectivity index (χ1v) is 16.4. The Hall–Kier alpha value is -3.61. The molecule has 1 aliphatic carbocycles. The highest BCUT2D eigenvalue weighted by Gasteiger charge is 2.61. The number of rotatable bonds is 5. The van der Waals surface area contributed by atoms with Gasteiger partial charge in [0.2, 0.25) is 11.8 Å². The number of hydrogen-bond donors (Lipinski definition) is 4. The lowest BCUT2D eigenvalue weighted by molar-refractivity contribution is -0.141. The minimum atomic E-state index is -4.29. The van der Waals surface area contributed by atoms with Gasteiger partial charge in [-0.05, 0) is 78.4 Å². The molecule has 0 radical (unpaired) electrons. The van der Waals surface area contributed by atoms with Gasteiger partial charge >= 0.3 is 16.3 Å². The third kappa shape index (κ3) is 8.49. The lowest BCUT2D eigenvalue weighted by Crippen LogP contribution is -2.58. The number of carbonyl (C=O) groups is 4. The van der Waals surface area contributed by atoms with E-state index in [0.29, 0.717) is 38.6 Å². The van der Waals surface area contributed by atoms with Crippen molar-refractivity contribution >= 4 is 39.7 Å². The van der Waals surface area contributed by atoms with Crippen LogP contribution in [0.5, 0.6) is 0 Å². The fourth-order valence-electron chi connectivity index (χ4n) is 5.56. The number of carbonyl (C=O) groups excluding carboxylic acids is 4. The predicted molar refractivity (Wildman–Crippen MR) is 161 cm³/mol. The van der Waals surface area contributed by atoms with Crippen LogP contribution in [0.1, 0.15) is 77.7 Å². The van der Waals surface area contributed by atoms with E-state index in [1.807, 2.05) is 19.1 Å². The number of aryl methyl sites for hydroxylation is 1. The highest BCUT2D eigenvalue weighted by Crippen LogP contribution is 2.45. The molecule has 0 spiro atoms. The van der Waals surface area contributed by atoms with Gasteiger partial charge in [-0.2, -0.15) is 8.42 Å². The normalized spacial score (nSPS) is 26.6. The van der Waals surface area contributed by atoms with Crippen molar-refractivity contribution in [2.75, 3.05) is 11.3 Å². The second-order valence-electron chi connectivity index (χ2n) is 12.6. The molecule has 4 atom stereocenters. The SMILES string of the molecule is Cc1ccc(NS(=O)(=O)NC(=O)[C@@]23C[C@H]2C=CCCCCC[C@H](NC(=O)OC(C)(C)C)C(=O)N2CCC[C@H]2C(=O)N3)cc1. The van der Waals surface area contributed by atoms with Gasteiger partial charge in [0.1, 0.15) is 23.2 Å². The van der Waals surface area contributed by atoms with Crippen LogP contribution in [-0.2, 0) is 29.3 Å². The van der Waals surface area contributed by atoms with Gasteiger partial charge in [0.15, 0.2) is 0 Å². The van der Waals surface area contributed by atoms with Crippen molar-refractivity contribution < 1.29 is 32.3 Å². The van der Waals surface area contributed by atoms with Crippen molar-refractivity contribution in [3.05, 3.63) is 42.0 Å². The van der Waals surface area contributed by atoms with Crippen LogP contribution in [0, 0.1) is 12.8 Å². The number of benzene rings is 1. The molecule has 2 aliphatic heterocycles. The number of nitrogens with one attached hydrogen (secondary N) is 4. The van der Waals surface area contributed by atoms with Gasteiger partial charge in [0.05, 0.1) is 5.69 Å². The molecule has 4 N–H and O–H groups in total. The molecule has 0 unspecified atom stereocenters. The van der Waals surface area contributed by atoms with E-state index in [2.05, 4.69) is 20.1 Å². The van der Waals surface area contributed by atoms with Gasteiger partial charge in [-0.1, -0.05) is 42.7 Å². The smallest absolute Gasteiger partial charge is 0.408 e. The standard InChI is InChI=1S/C30H43N5O7S/c1-20-14-16-22(17-15-20)33-43(40,41)34-27(38)30-19-21(30)11-8-6-5-7-9-12-23(31-28(39)42-29(2,3)4)26(37)35-18-10-13-24(35)25(36)32-30/h8,11,14-17,21,23-24,33H,5-7,9-10,12-13,18-19H2,1-4H3,(H,31,39)(H,32,36)(H,34,38)/t21-,23+,24+,30-/m1/s1. The Morgan fingerprint density at radius 1 is 1.05 bits per heavy atom. The number of fused-ring (bicyclic) bond motifs is 2. The number of anilines is 1. The van der Waals surface area contributed by atoms with Crippen LogP contribution in [0.3, 0.4) is 0 Å². The molecular formula is C30H43N5O7S. The summed E-state index contributed by atoms with van der Waals surface area (Å²) in [6, 6.07) is 4.92. The van der Waals surface area contributed by atoms with Gasteiger partial charge in [-0.15, -0.1) is 0 Å². The van der Waals surface area contributed by atoms with Crippen molar-refractivity contribution in [2.24, 2.45) is 5.92 Å². The van der Waals surface area contributed by atoms with Crippen molar-refractivity contribution in [1.82, 2.24) is 20.3 Å². The molecule has 12 nitrogen and oxygen atoms in total. The highest BCUT2D eigenvalue weighted by atomic mass is 32.2. The van der Waals surface area contributed by atoms with E-state index >= 15 is 0 Å². The van der Waals surface area contributed by atoms with Crippen LogP contribution >= 0.6 is 0 Å². The summed E-state index contributed by atoms with van der Waals surface area (Å²) in [5.74, 6) is -2.16. The minimum absolute atomic E-state index is 0.227. The molecule has 0 bridgehead atoms. The Bertz CT molecular complexity index is 1360. The van der Waals surface area contributed by atoms with Crippen LogP contribution in [0.4, 0.5) is 10.5 Å². The van der Waals surface area contributed by atoms with E-state index in [0.717, 1.165) is 18.4 Å². The molecular weight excluding hydrogens is 574 g/mol. The maximum atomic E-state index is 13.7. The zero-order chi connectivity index (χ0) is 31.4. The molecule has 4 rings (SSSR count). The van der Waals surface area contributed by atoms with Crippen molar-refractivity contribution in [3.8, 4) is 0 Å². The summed E-state index contributed by atoms with van der Waals surface area (Å²) in [4.78, 5) is 54.8. The van der Waals surface area contributed by atoms with Crippen LogP contribution < -0.4 is 20.1 Å². The van der Waals surface area contributed by atoms with Gasteiger partial charge in [0, 0.05) is 12.5 Å². The summed E-state index contributed by atoms with van der Waals surface area (Å²) < 4.78 is 35.5. The number of nitrogens with zero attached hydrogens (tertiary/aromatic N) is 1. The van der Waals surface area contributed by atoms with Crippen LogP contribution in [0.15, 0.2) is 36.4 Å². The van der Waals surface area contributed by atoms with Gasteiger partial charge < -0.3 is 20.3 Å². The van der Waals surface area contributed by atoms with Crippen molar-refractivity contribution in [2.45, 2.75) is 102 Å². The molecule has 13 heteroatoms. The second-order valence-corrected chi connectivity index (χ2v) is 14.0. The fraction of sp³-hybridized carbons (Fsp3) is 0.600. The number of allylic oxidation sites excluding steroid dienone is 1. The highest BCUT2D eigenvalue weighted by molar-refractivity contribution is 7.91. The Balaban J connectivity index is 1.53. The van der Waals surface area contributed by atoms with E-state index in [4.69, 9.17) is 4.74 Å². The molecule has 1 aromatic rings. The number of ether oxygens (including phenoxy) is 1. The minimum Gasteiger partial charge on any atom is -0.444 e. The first-order valence-electron chi connectivity index (χ1n) is 14.9. The number of alkyl carbamates (subject to hydrolysis) is 1. The van der Waals surface area contributed by atoms with Gasteiger partial charge in [-0.3, -0.25) is 19.1 Å². The number of hydrogen-bond acceptors (Lipinski definition) is 7. The molecule has 4 amide bonds. The number of amides is 4. The quantitative estimate of drug-likeness (QED) is 0.369. The molecule has 1 saturated heterocycles. The molecule has 0 aromatic heterocycles. The van der Waals surface area contributed by atoms with Crippen molar-refractivity contribution in [1.29, 1.82) is 0 Å². The summed E-state index contributed by atoms with van der Waals surface area (Å²) >= 11 is 0. The zero-order valence-corrected chi connectivity index (χ0v) is 26.1. The summed E-state index contributed by atoms with van der Waals surface area (Å²) in [5.41, 5.74) is -0.977. The maximum absolute atomic E-state index is 13.7. The third-order valence-electron chi connectivity index (χ3n) is 7.86. The maximum Gasteiger partial charge on any atom is 0.408 e. The average Bonchev–Trinajstić information content (AvgIpc) is 3.36. The molecule has 2 heterocycles. The summed E-state index contributed by atoms with van der Waals surface area (Å²) in [6.45, 7) is 7.40. The van der Waals surface area contributed by atoms with E-state index in [1.54, 1.807) is 45.0 Å². The largest absolute Gasteiger partial charge is 0.444 e. The summed E-state index contributed by atoms with van der Waals surface area (Å²) in [6.07, 6.45) is 7.68. The van der Waals surface area contributed by atoms with Crippen LogP contribution in [0.25, 0.3) is 0 Å². The van der Waals surface area contributed by atoms with Crippen LogP contribution in [0.2, 0.25) is 0 Å². The van der Waals surface area contributed by atoms with E-state index in [1.165, 1.54) is 4.90 Å². The second kappa shape index (κ2) is 12.9. The van der Waals surface area contributed by atoms with Crippen LogP contribution in [-0.4, -0.2) is 66.9 Å². The lowest BCUT2D eigenvalue weighted by Gasteiger charge is -2.30. The molecule has 1 aromatic carbocycles. The molecule has 3 aliphatic rings. The van der Waals surface area contributed by atoms with Gasteiger partial charge in [-0.25, -0.2) is 9.52 Å². The fourth-order valence-corrected chi connectivity index (χ4v) is 6.48. The monoisotopic (exact) mass is 617 g/mol. The van der Waals surface area contributed by atoms with E-state index in [9.17, 15) is 27.6 Å². The average molecular weight is 618 g/mol. The predicted octanol–water partition coefficient (Wildman–Crippen LogP) is 3.05. The topological polar surface area (TPSA) is 163 Å². The first-order chi connectivity index (χ1) is 20.2. The molecule has 2 fully saturated rings. The Kier molecular flexibility index (Phi) is 9.73. The molecule has 1 saturated carbocycles. The Morgan fingerprint density at radius 2 is 1.77 bits per heavy atom. The van der Waals surface area contributed by atoms with E-state index < -0.39 is 57.3 Å². The third-order valence-corrected chi connectivity index (χ3v) is 8.82. The first kappa shape index (κ1) is 32.3. The molecule has 236 valence electrons. The molecule has 43 heavy (non-hydrogen) atoms. The Morgan fingerprint density at radius 3 is 2.47 bits per heavy atom. The van der Waals surface area contributed by atoms with E-state index in [-0.39, 0.29) is 18.0 Å². The van der Waals surface area contributed by atoms with Gasteiger partial charge in [0.25, 0.3) is 5.91 Å². The lowest BCUT2D eigenvalue weighted by atomic mass is 10.0.